The van der Waals surface area contributed by atoms with E-state index in [0.717, 1.165) is 0 Å². The van der Waals surface area contributed by atoms with Crippen LogP contribution in [0.25, 0.3) is 72.9 Å². The lowest BCUT2D eigenvalue weighted by molar-refractivity contribution is 1.60. The van der Waals surface area contributed by atoms with Gasteiger partial charge in [0.25, 0.3) is 0 Å². The highest BCUT2D eigenvalue weighted by molar-refractivity contribution is 7.27. The summed E-state index contributed by atoms with van der Waals surface area (Å²) < 4.78 is 5.46. The summed E-state index contributed by atoms with van der Waals surface area (Å²) in [6.07, 6.45) is 0. The van der Waals surface area contributed by atoms with E-state index in [2.05, 4.69) is 77.8 Å². The Bertz CT molecular complexity index is 1770. The van der Waals surface area contributed by atoms with E-state index in [1.54, 1.807) is 0 Å². The average Bonchev–Trinajstić information content (AvgIpc) is 3.43. The summed E-state index contributed by atoms with van der Waals surface area (Å²) >= 11 is 3.81. The molecule has 0 aliphatic heterocycles. The molecule has 5 aromatic carbocycles. The number of thiophene rings is 2. The van der Waals surface area contributed by atoms with Crippen LogP contribution in [0, 0.1) is 0 Å². The van der Waals surface area contributed by atoms with Gasteiger partial charge in [0.05, 0.1) is 20.4 Å². The number of fused-ring (bicyclic) bond motifs is 8. The van der Waals surface area contributed by atoms with Gasteiger partial charge in [-0.2, -0.15) is 0 Å². The van der Waals surface area contributed by atoms with Crippen molar-refractivity contribution in [2.75, 3.05) is 0 Å². The zero-order valence-corrected chi connectivity index (χ0v) is 16.9. The number of nitrogens with one attached hydrogen (secondary N) is 1. The van der Waals surface area contributed by atoms with Crippen molar-refractivity contribution < 1.29 is 0 Å². The lowest BCUT2D eigenvalue weighted by Gasteiger charge is -2.04. The van der Waals surface area contributed by atoms with Crippen LogP contribution in [0.5, 0.6) is 0 Å². The molecule has 0 spiro atoms. The Morgan fingerprint density at radius 3 is 1.52 bits per heavy atom. The van der Waals surface area contributed by atoms with Crippen molar-refractivity contribution in [1.29, 1.82) is 0 Å². The van der Waals surface area contributed by atoms with E-state index >= 15 is 0 Å². The predicted molar refractivity (Wildman–Crippen MR) is 130 cm³/mol. The lowest BCUT2D eigenvalue weighted by Crippen LogP contribution is -1.77. The molecular weight excluding hydrogens is 390 g/mol. The molecule has 8 aromatic rings. The summed E-state index contributed by atoms with van der Waals surface area (Å²) in [5, 5.41) is 10.9. The normalized spacial score (nSPS) is 12.8. The summed E-state index contributed by atoms with van der Waals surface area (Å²) in [5.41, 5.74) is 2.59. The molecule has 1 N–H and O–H groups in total. The fraction of sp³-hybridized carbons (Fsp3) is 0. The third-order valence-corrected chi connectivity index (χ3v) is 8.75. The van der Waals surface area contributed by atoms with Gasteiger partial charge in [0.2, 0.25) is 0 Å². The van der Waals surface area contributed by atoms with Crippen molar-refractivity contribution in [2.24, 2.45) is 0 Å². The Balaban J connectivity index is 1.71. The molecule has 0 radical (unpaired) electrons. The van der Waals surface area contributed by atoms with Gasteiger partial charge in [-0.15, -0.1) is 22.7 Å². The first-order chi connectivity index (χ1) is 14.4. The van der Waals surface area contributed by atoms with Crippen LogP contribution in [-0.4, -0.2) is 4.98 Å². The van der Waals surface area contributed by atoms with Gasteiger partial charge in [0.15, 0.2) is 0 Å². The Morgan fingerprint density at radius 1 is 0.517 bits per heavy atom. The van der Waals surface area contributed by atoms with Gasteiger partial charge in [-0.25, -0.2) is 0 Å². The molecule has 3 heterocycles. The van der Waals surface area contributed by atoms with E-state index in [1.165, 1.54) is 72.9 Å². The van der Waals surface area contributed by atoms with Crippen molar-refractivity contribution in [3.05, 3.63) is 72.8 Å². The van der Waals surface area contributed by atoms with E-state index < -0.39 is 0 Å². The van der Waals surface area contributed by atoms with Gasteiger partial charge in [0, 0.05) is 41.7 Å². The SMILES string of the molecule is c1ccc2c(c1)sc1c2cc2ccc3cc4c5ccccc5sc4c4[nH]c1c2c34. The molecule has 0 amide bonds. The molecule has 8 rings (SSSR count). The molecule has 0 saturated heterocycles. The van der Waals surface area contributed by atoms with Crippen molar-refractivity contribution >= 4 is 95.6 Å². The molecule has 1 nitrogen and oxygen atoms in total. The summed E-state index contributed by atoms with van der Waals surface area (Å²) in [6, 6.07) is 26.9. The minimum Gasteiger partial charge on any atom is -0.352 e. The third-order valence-electron chi connectivity index (χ3n) is 6.34. The second-order valence-electron chi connectivity index (χ2n) is 7.84. The van der Waals surface area contributed by atoms with Gasteiger partial charge in [-0.3, -0.25) is 0 Å². The van der Waals surface area contributed by atoms with E-state index in [1.807, 2.05) is 22.7 Å². The molecule has 134 valence electrons. The highest BCUT2D eigenvalue weighted by Gasteiger charge is 2.19. The standard InChI is InChI=1S/C26H13NS2/c1-3-7-19-15(5-1)17-11-13-9-10-14-12-18-16-6-2-4-8-20(16)29-26(18)24-22(14)21(13)23(27-24)25(17)28-19/h1-12,27H. The molecule has 0 bridgehead atoms. The average molecular weight is 404 g/mol. The van der Waals surface area contributed by atoms with Crippen LogP contribution in [-0.2, 0) is 0 Å². The summed E-state index contributed by atoms with van der Waals surface area (Å²) in [6.45, 7) is 0. The van der Waals surface area contributed by atoms with Gasteiger partial charge >= 0.3 is 0 Å². The molecule has 0 unspecified atom stereocenters. The fourth-order valence-electron chi connectivity index (χ4n) is 5.10. The minimum absolute atomic E-state index is 1.30. The predicted octanol–water partition coefficient (Wildman–Crippen LogP) is 8.65. The molecular formula is C26H13NS2. The smallest absolute Gasteiger partial charge is 0.0653 e. The van der Waals surface area contributed by atoms with Crippen LogP contribution in [0.2, 0.25) is 0 Å². The topological polar surface area (TPSA) is 15.8 Å². The van der Waals surface area contributed by atoms with Crippen LogP contribution >= 0.6 is 22.7 Å². The van der Waals surface area contributed by atoms with Crippen LogP contribution in [0.4, 0.5) is 0 Å². The Morgan fingerprint density at radius 2 is 1.00 bits per heavy atom. The largest absolute Gasteiger partial charge is 0.352 e. The molecule has 0 aliphatic rings. The van der Waals surface area contributed by atoms with Crippen molar-refractivity contribution in [3.63, 3.8) is 0 Å². The molecule has 0 saturated carbocycles. The molecule has 29 heavy (non-hydrogen) atoms. The summed E-state index contributed by atoms with van der Waals surface area (Å²) in [7, 11) is 0. The van der Waals surface area contributed by atoms with E-state index in [9.17, 15) is 0 Å². The minimum atomic E-state index is 1.30. The highest BCUT2D eigenvalue weighted by Crippen LogP contribution is 2.47. The van der Waals surface area contributed by atoms with Gasteiger partial charge in [-0.05, 0) is 35.0 Å². The van der Waals surface area contributed by atoms with Crippen molar-refractivity contribution in [2.45, 2.75) is 0 Å². The maximum atomic E-state index is 3.89. The number of hydrogen-bond donors (Lipinski definition) is 1. The number of aromatic nitrogens is 1. The van der Waals surface area contributed by atoms with Crippen LogP contribution < -0.4 is 0 Å². The monoisotopic (exact) mass is 403 g/mol. The van der Waals surface area contributed by atoms with E-state index in [0.29, 0.717) is 0 Å². The van der Waals surface area contributed by atoms with E-state index in [4.69, 9.17) is 0 Å². The Labute approximate surface area is 173 Å². The number of aromatic amines is 1. The van der Waals surface area contributed by atoms with Gasteiger partial charge < -0.3 is 4.98 Å². The molecule has 0 fully saturated rings. The quantitative estimate of drug-likeness (QED) is 0.244. The zero-order valence-electron chi connectivity index (χ0n) is 15.2. The second kappa shape index (κ2) is 4.88. The van der Waals surface area contributed by atoms with Crippen molar-refractivity contribution in [3.8, 4) is 0 Å². The Hall–Kier alpha value is -3.14. The molecule has 0 atom stereocenters. The fourth-order valence-corrected chi connectivity index (χ4v) is 7.48. The maximum Gasteiger partial charge on any atom is 0.0653 e. The third kappa shape index (κ3) is 1.68. The first-order valence-corrected chi connectivity index (χ1v) is 11.4. The van der Waals surface area contributed by atoms with Crippen LogP contribution in [0.15, 0.2) is 72.8 Å². The first kappa shape index (κ1) is 14.8. The number of H-pyrrole nitrogens is 1. The van der Waals surface area contributed by atoms with Crippen molar-refractivity contribution in [1.82, 2.24) is 4.98 Å². The van der Waals surface area contributed by atoms with Crippen LogP contribution in [0.3, 0.4) is 0 Å². The Kier molecular flexibility index (Phi) is 2.49. The molecule has 3 aromatic heterocycles. The first-order valence-electron chi connectivity index (χ1n) is 9.79. The second-order valence-corrected chi connectivity index (χ2v) is 9.94. The lowest BCUT2D eigenvalue weighted by atomic mass is 9.98. The number of rotatable bonds is 0. The maximum absolute atomic E-state index is 3.89. The number of benzene rings is 5. The summed E-state index contributed by atoms with van der Waals surface area (Å²) in [4.78, 5) is 3.89. The van der Waals surface area contributed by atoms with Crippen LogP contribution in [0.1, 0.15) is 0 Å². The van der Waals surface area contributed by atoms with E-state index in [-0.39, 0.29) is 0 Å². The zero-order chi connectivity index (χ0) is 18.7. The highest BCUT2D eigenvalue weighted by atomic mass is 32.1. The molecule has 3 heteroatoms. The number of hydrogen-bond acceptors (Lipinski definition) is 2. The summed E-state index contributed by atoms with van der Waals surface area (Å²) in [5.74, 6) is 0. The van der Waals surface area contributed by atoms with Gasteiger partial charge in [0.1, 0.15) is 0 Å². The molecule has 0 aliphatic carbocycles. The van der Waals surface area contributed by atoms with Gasteiger partial charge in [-0.1, -0.05) is 48.5 Å².